The summed E-state index contributed by atoms with van der Waals surface area (Å²) >= 11 is 0. The molecule has 88 valence electrons. The Morgan fingerprint density at radius 1 is 1.47 bits per heavy atom. The molecule has 0 bridgehead atoms. The Balaban J connectivity index is 2.73. The molecule has 0 aromatic heterocycles. The molecule has 0 spiro atoms. The van der Waals surface area contributed by atoms with Gasteiger partial charge in [-0.2, -0.15) is 0 Å². The molecule has 1 N–H and O–H groups in total. The maximum atomic E-state index is 11.2. The molecule has 1 aliphatic heterocycles. The number of hydrogen-bond acceptors (Lipinski definition) is 3. The van der Waals surface area contributed by atoms with Crippen molar-refractivity contribution in [3.8, 4) is 0 Å². The lowest BCUT2D eigenvalue weighted by Crippen LogP contribution is -2.53. The summed E-state index contributed by atoms with van der Waals surface area (Å²) in [5.74, 6) is -0.832. The molecule has 1 saturated heterocycles. The number of carbonyl (C=O) groups is 1. The highest BCUT2D eigenvalue weighted by Gasteiger charge is 2.35. The Morgan fingerprint density at radius 3 is 2.53 bits per heavy atom. The molecule has 0 saturated carbocycles. The first-order valence-electron chi connectivity index (χ1n) is 5.75. The SMILES string of the molecule is CCN(CC)C1CN(C)CCC1C(=O)O. The summed E-state index contributed by atoms with van der Waals surface area (Å²) in [5.41, 5.74) is 0. The van der Waals surface area contributed by atoms with Crippen LogP contribution in [-0.2, 0) is 4.79 Å². The molecule has 0 amide bonds. The van der Waals surface area contributed by atoms with Crippen LogP contribution in [0.2, 0.25) is 0 Å². The highest BCUT2D eigenvalue weighted by Crippen LogP contribution is 2.21. The molecule has 1 aliphatic rings. The molecule has 1 rings (SSSR count). The maximum Gasteiger partial charge on any atom is 0.308 e. The minimum Gasteiger partial charge on any atom is -0.481 e. The zero-order chi connectivity index (χ0) is 11.4. The third-order valence-corrected chi connectivity index (χ3v) is 3.38. The second-order valence-corrected chi connectivity index (χ2v) is 4.28. The van der Waals surface area contributed by atoms with Crippen molar-refractivity contribution in [2.45, 2.75) is 26.3 Å². The van der Waals surface area contributed by atoms with E-state index < -0.39 is 5.97 Å². The number of nitrogens with zero attached hydrogens (tertiary/aromatic N) is 2. The predicted molar refractivity (Wildman–Crippen MR) is 59.9 cm³/mol. The average molecular weight is 214 g/mol. The summed E-state index contributed by atoms with van der Waals surface area (Å²) in [4.78, 5) is 15.6. The minimum atomic E-state index is -0.639. The van der Waals surface area contributed by atoms with Gasteiger partial charge in [-0.15, -0.1) is 0 Å². The van der Waals surface area contributed by atoms with Crippen molar-refractivity contribution in [2.24, 2.45) is 5.92 Å². The van der Waals surface area contributed by atoms with Gasteiger partial charge in [0.15, 0.2) is 0 Å². The van der Waals surface area contributed by atoms with Crippen molar-refractivity contribution in [1.82, 2.24) is 9.80 Å². The van der Waals surface area contributed by atoms with Crippen LogP contribution >= 0.6 is 0 Å². The number of carboxylic acid groups (broad SMARTS) is 1. The highest BCUT2D eigenvalue weighted by molar-refractivity contribution is 5.71. The van der Waals surface area contributed by atoms with Crippen LogP contribution in [0.5, 0.6) is 0 Å². The Kier molecular flexibility index (Phi) is 4.54. The fraction of sp³-hybridized carbons (Fsp3) is 0.909. The summed E-state index contributed by atoms with van der Waals surface area (Å²) in [5, 5.41) is 9.19. The molecule has 0 aromatic carbocycles. The summed E-state index contributed by atoms with van der Waals surface area (Å²) < 4.78 is 0. The third kappa shape index (κ3) is 2.92. The summed E-state index contributed by atoms with van der Waals surface area (Å²) in [6.45, 7) is 7.82. The summed E-state index contributed by atoms with van der Waals surface area (Å²) in [6.07, 6.45) is 0.771. The number of likely N-dealkylation sites (tertiary alicyclic amines) is 1. The van der Waals surface area contributed by atoms with Gasteiger partial charge in [0.1, 0.15) is 0 Å². The summed E-state index contributed by atoms with van der Waals surface area (Å²) in [6, 6.07) is 0.177. The fourth-order valence-corrected chi connectivity index (χ4v) is 2.44. The molecular formula is C11H22N2O2. The van der Waals surface area contributed by atoms with Gasteiger partial charge in [-0.25, -0.2) is 0 Å². The molecule has 4 heteroatoms. The quantitative estimate of drug-likeness (QED) is 0.749. The number of hydrogen-bond donors (Lipinski definition) is 1. The van der Waals surface area contributed by atoms with Crippen LogP contribution in [0.1, 0.15) is 20.3 Å². The molecule has 1 fully saturated rings. The fourth-order valence-electron chi connectivity index (χ4n) is 2.44. The van der Waals surface area contributed by atoms with Crippen LogP contribution in [0, 0.1) is 5.92 Å². The van der Waals surface area contributed by atoms with E-state index in [1.807, 2.05) is 0 Å². The first kappa shape index (κ1) is 12.5. The molecule has 2 atom stereocenters. The average Bonchev–Trinajstić information content (AvgIpc) is 2.19. The van der Waals surface area contributed by atoms with Crippen LogP contribution in [0.4, 0.5) is 0 Å². The van der Waals surface area contributed by atoms with Gasteiger partial charge >= 0.3 is 5.97 Å². The lowest BCUT2D eigenvalue weighted by Gasteiger charge is -2.40. The Labute approximate surface area is 91.9 Å². The standard InChI is InChI=1S/C11H22N2O2/c1-4-13(5-2)10-8-12(3)7-6-9(10)11(14)15/h9-10H,4-8H2,1-3H3,(H,14,15). The largest absolute Gasteiger partial charge is 0.481 e. The van der Waals surface area contributed by atoms with Crippen molar-refractivity contribution in [1.29, 1.82) is 0 Å². The molecule has 2 unspecified atom stereocenters. The first-order valence-corrected chi connectivity index (χ1v) is 5.75. The van der Waals surface area contributed by atoms with E-state index in [2.05, 4.69) is 30.7 Å². The van der Waals surface area contributed by atoms with Crippen LogP contribution in [0.3, 0.4) is 0 Å². The minimum absolute atomic E-state index is 0.177. The smallest absolute Gasteiger partial charge is 0.308 e. The van der Waals surface area contributed by atoms with Gasteiger partial charge in [-0.3, -0.25) is 9.69 Å². The number of aliphatic carboxylic acids is 1. The van der Waals surface area contributed by atoms with Gasteiger partial charge in [0.25, 0.3) is 0 Å². The van der Waals surface area contributed by atoms with Gasteiger partial charge < -0.3 is 10.0 Å². The molecule has 0 aliphatic carbocycles. The van der Waals surface area contributed by atoms with Crippen LogP contribution in [0.15, 0.2) is 0 Å². The second kappa shape index (κ2) is 5.47. The maximum absolute atomic E-state index is 11.2. The van der Waals surface area contributed by atoms with Crippen molar-refractivity contribution < 1.29 is 9.90 Å². The Morgan fingerprint density at radius 2 is 2.07 bits per heavy atom. The highest BCUT2D eigenvalue weighted by atomic mass is 16.4. The molecule has 4 nitrogen and oxygen atoms in total. The first-order chi connectivity index (χ1) is 7.10. The van der Waals surface area contributed by atoms with E-state index in [9.17, 15) is 9.90 Å². The zero-order valence-electron chi connectivity index (χ0n) is 9.94. The van der Waals surface area contributed by atoms with E-state index in [1.165, 1.54) is 0 Å². The zero-order valence-corrected chi connectivity index (χ0v) is 9.94. The van der Waals surface area contributed by atoms with Gasteiger partial charge in [-0.1, -0.05) is 13.8 Å². The number of rotatable bonds is 4. The van der Waals surface area contributed by atoms with E-state index >= 15 is 0 Å². The van der Waals surface area contributed by atoms with Gasteiger partial charge in [0.2, 0.25) is 0 Å². The van der Waals surface area contributed by atoms with Crippen molar-refractivity contribution in [3.05, 3.63) is 0 Å². The molecule has 15 heavy (non-hydrogen) atoms. The van der Waals surface area contributed by atoms with Crippen molar-refractivity contribution in [3.63, 3.8) is 0 Å². The predicted octanol–water partition coefficient (Wildman–Crippen LogP) is 0.733. The monoisotopic (exact) mass is 214 g/mol. The number of carboxylic acids is 1. The molecule has 0 radical (unpaired) electrons. The van der Waals surface area contributed by atoms with Crippen LogP contribution in [-0.4, -0.2) is 60.1 Å². The Bertz CT molecular complexity index is 217. The lowest BCUT2D eigenvalue weighted by molar-refractivity contribution is -0.146. The molecule has 1 heterocycles. The molecule has 0 aromatic rings. The number of piperidine rings is 1. The van der Waals surface area contributed by atoms with Gasteiger partial charge in [0.05, 0.1) is 5.92 Å². The normalized spacial score (nSPS) is 28.3. The van der Waals surface area contributed by atoms with Crippen molar-refractivity contribution in [2.75, 3.05) is 33.2 Å². The second-order valence-electron chi connectivity index (χ2n) is 4.28. The molecular weight excluding hydrogens is 192 g/mol. The van der Waals surface area contributed by atoms with E-state index in [0.717, 1.165) is 32.6 Å². The van der Waals surface area contributed by atoms with Gasteiger partial charge in [0, 0.05) is 12.6 Å². The van der Waals surface area contributed by atoms with Gasteiger partial charge in [-0.05, 0) is 33.1 Å². The van der Waals surface area contributed by atoms with Crippen LogP contribution in [0.25, 0.3) is 0 Å². The van der Waals surface area contributed by atoms with E-state index in [4.69, 9.17) is 0 Å². The van der Waals surface area contributed by atoms with Crippen LogP contribution < -0.4 is 0 Å². The number of likely N-dealkylation sites (N-methyl/N-ethyl adjacent to an activating group) is 2. The van der Waals surface area contributed by atoms with E-state index in [1.54, 1.807) is 0 Å². The van der Waals surface area contributed by atoms with Crippen molar-refractivity contribution >= 4 is 5.97 Å². The lowest BCUT2D eigenvalue weighted by atomic mass is 9.90. The Hall–Kier alpha value is -0.610. The van der Waals surface area contributed by atoms with E-state index in [0.29, 0.717) is 0 Å². The van der Waals surface area contributed by atoms with E-state index in [-0.39, 0.29) is 12.0 Å². The third-order valence-electron chi connectivity index (χ3n) is 3.38. The summed E-state index contributed by atoms with van der Waals surface area (Å²) in [7, 11) is 2.06. The topological polar surface area (TPSA) is 43.8 Å².